The number of carbonyl (C=O) groups excluding carboxylic acids is 9. The lowest BCUT2D eigenvalue weighted by atomic mass is 9.84. The summed E-state index contributed by atoms with van der Waals surface area (Å²) >= 11 is 3.50. The Hall–Kier alpha value is -12.0. The minimum absolute atomic E-state index is 0.127. The highest BCUT2D eigenvalue weighted by Crippen LogP contribution is 2.47. The first kappa shape index (κ1) is 89.3. The molecule has 5 N–H and O–H groups in total. The van der Waals surface area contributed by atoms with Gasteiger partial charge in [0.25, 0.3) is 0 Å². The lowest BCUT2D eigenvalue weighted by Crippen LogP contribution is -2.56. The number of ether oxygens (including phenoxy) is 9. The fourth-order valence-corrected chi connectivity index (χ4v) is 18.7. The number of aryl methyl sites for hydroxylation is 2. The Bertz CT molecular complexity index is 5330. The highest BCUT2D eigenvalue weighted by atomic mass is 79.9. The van der Waals surface area contributed by atoms with E-state index >= 15 is 0 Å². The molecule has 2 aliphatic carbocycles. The molecule has 30 nitrogen and oxygen atoms in total. The smallest absolute Gasteiger partial charge is 0.410 e. The van der Waals surface area contributed by atoms with Gasteiger partial charge in [-0.2, -0.15) is 0 Å². The number of alkyl halides is 1. The maximum atomic E-state index is 13.9. The topological polar surface area (TPSA) is 368 Å². The van der Waals surface area contributed by atoms with Crippen molar-refractivity contribution in [2.45, 2.75) is 191 Å². The number of imidazole rings is 2. The number of rotatable bonds is 21. The number of aromatic amines is 2. The number of benzene rings is 6. The number of carboxylic acids is 1. The van der Waals surface area contributed by atoms with Crippen LogP contribution in [0.4, 0.5) is 19.2 Å². The maximum Gasteiger partial charge on any atom is 0.410 e. The summed E-state index contributed by atoms with van der Waals surface area (Å²) in [6.07, 6.45) is 6.34. The number of ketones is 2. The van der Waals surface area contributed by atoms with Gasteiger partial charge in [0.15, 0.2) is 11.9 Å². The van der Waals surface area contributed by atoms with Gasteiger partial charge in [-0.1, -0.05) is 129 Å². The second-order valence-corrected chi connectivity index (χ2v) is 35.0. The third kappa shape index (κ3) is 19.8. The summed E-state index contributed by atoms with van der Waals surface area (Å²) in [4.78, 5) is 150. The van der Waals surface area contributed by atoms with E-state index in [4.69, 9.17) is 47.9 Å². The van der Waals surface area contributed by atoms with Crippen LogP contribution in [0, 0.1) is 23.7 Å². The molecular formula is C94H107BrN10O20. The molecule has 31 heteroatoms. The molecule has 0 radical (unpaired) electrons. The Balaban J connectivity index is 0.000000173. The normalized spacial score (nSPS) is 21.8. The summed E-state index contributed by atoms with van der Waals surface area (Å²) in [5, 5.41) is 14.3. The van der Waals surface area contributed by atoms with Gasteiger partial charge >= 0.3 is 36.3 Å². The average molecular weight is 1780 g/mol. The fraction of sp³-hybridized carbons (Fsp3) is 0.447. The molecular weight excluding hydrogens is 1670 g/mol. The van der Waals surface area contributed by atoms with E-state index in [-0.39, 0.29) is 96.1 Å². The van der Waals surface area contributed by atoms with E-state index in [1.54, 1.807) is 64.0 Å². The first-order valence-corrected chi connectivity index (χ1v) is 43.5. The van der Waals surface area contributed by atoms with Gasteiger partial charge < -0.3 is 78.1 Å². The third-order valence-corrected chi connectivity index (χ3v) is 25.6. The zero-order valence-corrected chi connectivity index (χ0v) is 73.4. The molecule has 8 aromatic rings. The van der Waals surface area contributed by atoms with Crippen LogP contribution in [0.1, 0.15) is 171 Å². The number of fused-ring (bicyclic) bond motifs is 8. The number of carboxylic acid groups (broad SMARTS) is 1. The van der Waals surface area contributed by atoms with E-state index in [1.807, 2.05) is 105 Å². The van der Waals surface area contributed by atoms with Crippen LogP contribution >= 0.6 is 15.9 Å². The number of aliphatic carboxylic acids is 1. The molecule has 0 bridgehead atoms. The Labute approximate surface area is 733 Å². The number of halogens is 1. The van der Waals surface area contributed by atoms with Gasteiger partial charge in [-0.3, -0.25) is 29.0 Å². The SMILES string of the molecule is COC(=O)N[C@H](C(=O)N1[C@@H](C)CC[C@H]1C(=O)O)C(C)C.COC[C@H]1C[C@@H](c2ncc(-c3ccc4c(c3)COc3cc5c(cc3-4)CCC(Br)C5=O)[nH]2)N(C(=O)OCc2ccccc2)C1.COC[C@H]1C[C@@H](c2ncc(-c3ccc4c(c3)COc3cc5c(cc3-4)CCC(OC(=O)[C@@H]3CC[C@H](C)N3C(=O)[C@@H](NC(=O)OC)C(C)C)C5=O)[nH]2)N(C(=O)OCc2ccccc2)C1. The Kier molecular flexibility index (Phi) is 28.2. The number of H-pyrrole nitrogens is 2. The minimum atomic E-state index is -1.01. The molecule has 660 valence electrons. The highest BCUT2D eigenvalue weighted by Gasteiger charge is 2.48. The molecule has 0 saturated carbocycles. The molecule has 12 atom stereocenters. The van der Waals surface area contributed by atoms with E-state index in [0.717, 1.165) is 115 Å². The number of hydrogen-bond donors (Lipinski definition) is 5. The molecule has 125 heavy (non-hydrogen) atoms. The third-order valence-electron chi connectivity index (χ3n) is 24.8. The van der Waals surface area contributed by atoms with Crippen LogP contribution in [0.25, 0.3) is 44.8 Å². The van der Waals surface area contributed by atoms with Crippen LogP contribution in [-0.4, -0.2) is 206 Å². The standard InChI is InChI=1S/C47H53N5O10.C34H32BrN3O5.C13H22N2O5/c1-26(2)41(50-46(56)59-5)44(54)52-27(3)11-15-37(52)45(55)62-39-16-13-30-19-35-33-14-12-31(18-32(33)25-60-40(35)20-34(30)42(39)53)36-21-48-43(49-36)38-17-29(23-58-4)22-51(38)47(57)61-24-28-9-7-6-8-10-28;1-41-17-21-11-30(38(16-21)34(40)43-18-20-5-3-2-4-6-20)33-36-15-29(37-33)23-7-9-25-24(12-23)19-42-31-14-26-22(13-27(25)31)8-10-28(35)32(26)39;1-7(2)10(14-13(19)20-4)11(16)15-8(3)5-6-9(15)12(17)18/h6-10,12,14,18-21,26-27,29,37-39,41H,11,13,15-17,22-25H2,1-5H3,(H,48,49)(H,50,56);2-7,9,12-15,21,28,30H,8,10-11,16-19H2,1H3,(H,36,37);7-10H,5-6H2,1-4H3,(H,14,19)(H,17,18)/t27-,29-,37-,38-,39?,41-;21-,28?,30-;8-,9-,10-/m000/s1. The van der Waals surface area contributed by atoms with E-state index in [2.05, 4.69) is 71.6 Å². The summed E-state index contributed by atoms with van der Waals surface area (Å²) in [6.45, 7) is 14.1. The molecule has 0 spiro atoms. The largest absolute Gasteiger partial charge is 0.488 e. The van der Waals surface area contributed by atoms with E-state index in [1.165, 1.54) is 24.0 Å². The van der Waals surface area contributed by atoms with Crippen LogP contribution in [0.15, 0.2) is 134 Å². The number of hydrogen-bond acceptors (Lipinski definition) is 21. The van der Waals surface area contributed by atoms with Crippen LogP contribution in [0.3, 0.4) is 0 Å². The van der Waals surface area contributed by atoms with Crippen molar-refractivity contribution in [1.29, 1.82) is 0 Å². The first-order chi connectivity index (χ1) is 60.2. The number of alkyl carbamates (subject to hydrolysis) is 2. The van der Waals surface area contributed by atoms with Gasteiger partial charge in [0.1, 0.15) is 73.7 Å². The number of amides is 6. The number of Topliss-reactive ketones (excluding diaryl/α,β-unsaturated/α-hetero) is 2. The van der Waals surface area contributed by atoms with Gasteiger partial charge in [0.05, 0.1) is 68.1 Å². The maximum absolute atomic E-state index is 13.9. The van der Waals surface area contributed by atoms with Crippen molar-refractivity contribution < 1.29 is 95.7 Å². The number of aromatic nitrogens is 4. The minimum Gasteiger partial charge on any atom is -0.488 e. The van der Waals surface area contributed by atoms with Gasteiger partial charge in [0, 0.05) is 73.5 Å². The number of esters is 1. The second kappa shape index (κ2) is 39.5. The molecule has 16 rings (SSSR count). The van der Waals surface area contributed by atoms with Gasteiger partial charge in [0.2, 0.25) is 17.6 Å². The summed E-state index contributed by atoms with van der Waals surface area (Å²) < 4.78 is 49.8. The Morgan fingerprint density at radius 1 is 0.528 bits per heavy atom. The predicted molar refractivity (Wildman–Crippen MR) is 462 cm³/mol. The summed E-state index contributed by atoms with van der Waals surface area (Å²) in [5.74, 6) is 0.0320. The molecule has 2 unspecified atom stereocenters. The zero-order chi connectivity index (χ0) is 88.6. The zero-order valence-electron chi connectivity index (χ0n) is 71.8. The molecule has 6 aromatic carbocycles. The van der Waals surface area contributed by atoms with Crippen molar-refractivity contribution in [2.75, 3.05) is 54.7 Å². The molecule has 8 aliphatic rings. The molecule has 8 heterocycles. The monoisotopic (exact) mass is 1770 g/mol. The lowest BCUT2D eigenvalue weighted by molar-refractivity contribution is -0.158. The molecule has 6 amide bonds. The Morgan fingerprint density at radius 3 is 1.41 bits per heavy atom. The molecule has 2 aromatic heterocycles. The lowest BCUT2D eigenvalue weighted by Gasteiger charge is -2.33. The Morgan fingerprint density at radius 2 is 0.968 bits per heavy atom. The highest BCUT2D eigenvalue weighted by molar-refractivity contribution is 9.10. The van der Waals surface area contributed by atoms with Crippen molar-refractivity contribution in [3.8, 4) is 56.3 Å². The second-order valence-electron chi connectivity index (χ2n) is 33.9. The van der Waals surface area contributed by atoms with Crippen molar-refractivity contribution >= 4 is 75.6 Å². The van der Waals surface area contributed by atoms with Crippen LogP contribution in [0.2, 0.25) is 0 Å². The quantitative estimate of drug-likeness (QED) is 0.0253. The van der Waals surface area contributed by atoms with Gasteiger partial charge in [-0.25, -0.2) is 38.7 Å². The number of nitrogens with one attached hydrogen (secondary N) is 4. The van der Waals surface area contributed by atoms with Crippen molar-refractivity contribution in [3.63, 3.8) is 0 Å². The van der Waals surface area contributed by atoms with Crippen LogP contribution in [0.5, 0.6) is 11.5 Å². The van der Waals surface area contributed by atoms with E-state index in [0.29, 0.717) is 95.0 Å². The van der Waals surface area contributed by atoms with E-state index < -0.39 is 66.4 Å². The van der Waals surface area contributed by atoms with Crippen molar-refractivity contribution in [1.82, 2.24) is 50.2 Å². The average Bonchev–Trinajstić information content (AvgIpc) is 1.35. The van der Waals surface area contributed by atoms with Crippen molar-refractivity contribution in [3.05, 3.63) is 190 Å². The summed E-state index contributed by atoms with van der Waals surface area (Å²) in [7, 11) is 5.79. The number of carbonyl (C=O) groups is 10. The number of methoxy groups -OCH3 is 4. The predicted octanol–water partition coefficient (Wildman–Crippen LogP) is 14.5. The first-order valence-electron chi connectivity index (χ1n) is 42.6. The van der Waals surface area contributed by atoms with E-state index in [9.17, 15) is 53.1 Å². The number of nitrogens with zero attached hydrogens (tertiary/aromatic N) is 6. The summed E-state index contributed by atoms with van der Waals surface area (Å²) in [6, 6.07) is 35.2. The van der Waals surface area contributed by atoms with Gasteiger partial charge in [-0.15, -0.1) is 0 Å². The van der Waals surface area contributed by atoms with Crippen LogP contribution < -0.4 is 20.1 Å². The molecule has 6 aliphatic heterocycles. The van der Waals surface area contributed by atoms with Crippen molar-refractivity contribution in [2.24, 2.45) is 23.7 Å². The van der Waals surface area contributed by atoms with Crippen LogP contribution in [-0.2, 0) is 91.6 Å². The van der Waals surface area contributed by atoms with Gasteiger partial charge in [-0.05, 0) is 182 Å². The molecule has 4 fully saturated rings. The summed E-state index contributed by atoms with van der Waals surface area (Å²) in [5.41, 5.74) is 14.6. The fourth-order valence-electron chi connectivity index (χ4n) is 18.2. The number of likely N-dealkylation sites (tertiary alicyclic amines) is 4. The molecule has 4 saturated heterocycles.